The molecule has 0 heterocycles. The number of carbonyl (C=O) groups excluding carboxylic acids is 4. The number of benzene rings is 3. The molecule has 0 fully saturated rings. The second kappa shape index (κ2) is 12.6. The van der Waals surface area contributed by atoms with Crippen molar-refractivity contribution in [3.8, 4) is 0 Å². The number of Topliss-reactive ketones (excluding diaryl/α,β-unsaturated/α-hetero) is 1. The molecule has 0 unspecified atom stereocenters. The topological polar surface area (TPSA) is 102 Å². The molecule has 7 heteroatoms. The van der Waals surface area contributed by atoms with Gasteiger partial charge >= 0.3 is 5.97 Å². The molecule has 0 radical (unpaired) electrons. The normalized spacial score (nSPS) is 11.7. The van der Waals surface area contributed by atoms with E-state index in [1.54, 1.807) is 91.0 Å². The fraction of sp³-hybridized carbons (Fsp3) is 0.143. The lowest BCUT2D eigenvalue weighted by Gasteiger charge is -2.19. The van der Waals surface area contributed by atoms with Crippen LogP contribution in [0.4, 0.5) is 0 Å². The van der Waals surface area contributed by atoms with Gasteiger partial charge in [-0.2, -0.15) is 0 Å². The van der Waals surface area contributed by atoms with Crippen molar-refractivity contribution in [1.82, 2.24) is 10.6 Å². The maximum absolute atomic E-state index is 12.8. The molecule has 35 heavy (non-hydrogen) atoms. The molecule has 3 rings (SSSR count). The molecule has 2 amide bonds. The van der Waals surface area contributed by atoms with Crippen molar-refractivity contribution >= 4 is 23.6 Å². The Morgan fingerprint density at radius 1 is 0.743 bits per heavy atom. The first-order valence-corrected chi connectivity index (χ1v) is 11.1. The van der Waals surface area contributed by atoms with Crippen molar-refractivity contribution in [2.24, 2.45) is 0 Å². The second-order valence-electron chi connectivity index (χ2n) is 7.66. The van der Waals surface area contributed by atoms with E-state index in [9.17, 15) is 19.2 Å². The Balaban J connectivity index is 1.83. The van der Waals surface area contributed by atoms with Crippen LogP contribution in [-0.4, -0.2) is 36.7 Å². The minimum absolute atomic E-state index is 0.00502. The van der Waals surface area contributed by atoms with E-state index < -0.39 is 23.8 Å². The van der Waals surface area contributed by atoms with E-state index in [0.29, 0.717) is 22.4 Å². The second-order valence-corrected chi connectivity index (χ2v) is 7.66. The van der Waals surface area contributed by atoms with Gasteiger partial charge in [0.2, 0.25) is 0 Å². The smallest absolute Gasteiger partial charge is 0.328 e. The van der Waals surface area contributed by atoms with Crippen LogP contribution in [0.1, 0.15) is 43.9 Å². The van der Waals surface area contributed by atoms with Crippen LogP contribution >= 0.6 is 0 Å². The summed E-state index contributed by atoms with van der Waals surface area (Å²) >= 11 is 0. The quantitative estimate of drug-likeness (QED) is 0.345. The summed E-state index contributed by atoms with van der Waals surface area (Å²) in [5.74, 6) is -1.69. The molecule has 178 valence electrons. The summed E-state index contributed by atoms with van der Waals surface area (Å²) < 4.78 is 4.87. The van der Waals surface area contributed by atoms with E-state index in [1.807, 2.05) is 6.07 Å². The molecule has 2 N–H and O–H groups in total. The number of methoxy groups -OCH3 is 1. The van der Waals surface area contributed by atoms with Gasteiger partial charge in [-0.15, -0.1) is 0 Å². The van der Waals surface area contributed by atoms with Gasteiger partial charge in [-0.25, -0.2) is 4.79 Å². The molecule has 0 bridgehead atoms. The number of nitrogens with one attached hydrogen (secondary N) is 2. The number of ether oxygens (including phenoxy) is 1. The Hall–Kier alpha value is -4.52. The first-order valence-electron chi connectivity index (χ1n) is 11.1. The largest absolute Gasteiger partial charge is 0.467 e. The van der Waals surface area contributed by atoms with Crippen molar-refractivity contribution in [1.29, 1.82) is 0 Å². The van der Waals surface area contributed by atoms with Crippen LogP contribution in [0.3, 0.4) is 0 Å². The molecular weight excluding hydrogens is 444 g/mol. The van der Waals surface area contributed by atoms with Crippen LogP contribution in [0.15, 0.2) is 103 Å². The zero-order valence-corrected chi connectivity index (χ0v) is 19.3. The first kappa shape index (κ1) is 25.1. The molecule has 0 saturated carbocycles. The fourth-order valence-corrected chi connectivity index (χ4v) is 3.34. The zero-order chi connectivity index (χ0) is 25.0. The highest BCUT2D eigenvalue weighted by molar-refractivity contribution is 5.98. The summed E-state index contributed by atoms with van der Waals surface area (Å²) in [6.07, 6.45) is 1.47. The minimum Gasteiger partial charge on any atom is -0.467 e. The Kier molecular flexibility index (Phi) is 9.07. The van der Waals surface area contributed by atoms with Crippen molar-refractivity contribution in [2.45, 2.75) is 18.9 Å². The Bertz CT molecular complexity index is 1190. The van der Waals surface area contributed by atoms with Crippen LogP contribution in [0.25, 0.3) is 0 Å². The fourth-order valence-electron chi connectivity index (χ4n) is 3.34. The number of amides is 2. The molecule has 7 nitrogen and oxygen atoms in total. The molecule has 0 saturated heterocycles. The summed E-state index contributed by atoms with van der Waals surface area (Å²) in [6, 6.07) is 24.7. The van der Waals surface area contributed by atoms with E-state index in [4.69, 9.17) is 4.74 Å². The van der Waals surface area contributed by atoms with Gasteiger partial charge < -0.3 is 15.4 Å². The number of hydrogen-bond acceptors (Lipinski definition) is 5. The number of ketones is 1. The number of carbonyl (C=O) groups is 4. The lowest BCUT2D eigenvalue weighted by molar-refractivity contribution is -0.142. The molecule has 0 aliphatic rings. The van der Waals surface area contributed by atoms with E-state index in [0.717, 1.165) is 0 Å². The summed E-state index contributed by atoms with van der Waals surface area (Å²) in [6.45, 7) is 0. The molecular formula is C28H26N2O5. The lowest BCUT2D eigenvalue weighted by atomic mass is 10.0. The predicted octanol–water partition coefficient (Wildman–Crippen LogP) is 3.94. The van der Waals surface area contributed by atoms with E-state index in [-0.39, 0.29) is 18.6 Å². The van der Waals surface area contributed by atoms with Crippen LogP contribution in [0, 0.1) is 0 Å². The lowest BCUT2D eigenvalue weighted by Crippen LogP contribution is -2.43. The predicted molar refractivity (Wildman–Crippen MR) is 132 cm³/mol. The highest BCUT2D eigenvalue weighted by Gasteiger charge is 2.24. The highest BCUT2D eigenvalue weighted by Crippen LogP contribution is 2.12. The van der Waals surface area contributed by atoms with Crippen molar-refractivity contribution in [2.75, 3.05) is 7.11 Å². The molecule has 0 aromatic heterocycles. The summed E-state index contributed by atoms with van der Waals surface area (Å²) in [7, 11) is 1.22. The third-order valence-electron chi connectivity index (χ3n) is 5.19. The standard InChI is InChI=1S/C28H26N2O5/c1-35-28(34)24(30-27(33)22-15-9-4-10-16-22)19-23(29-26(32)21-13-7-3-8-14-21)17-18-25(31)20-11-5-2-6-12-20/h2-17,24H,18-19H2,1H3,(H,29,32)(H,30,33)/b23-17-/t24-/m0/s1. The molecule has 3 aromatic carbocycles. The monoisotopic (exact) mass is 470 g/mol. The maximum Gasteiger partial charge on any atom is 0.328 e. The van der Waals surface area contributed by atoms with Crippen molar-refractivity contribution < 1.29 is 23.9 Å². The van der Waals surface area contributed by atoms with E-state index >= 15 is 0 Å². The van der Waals surface area contributed by atoms with E-state index in [2.05, 4.69) is 10.6 Å². The Morgan fingerprint density at radius 2 is 1.23 bits per heavy atom. The van der Waals surface area contributed by atoms with Crippen LogP contribution in [0.2, 0.25) is 0 Å². The molecule has 1 atom stereocenters. The zero-order valence-electron chi connectivity index (χ0n) is 19.3. The third kappa shape index (κ3) is 7.50. The minimum atomic E-state index is -1.08. The number of rotatable bonds is 10. The van der Waals surface area contributed by atoms with Crippen molar-refractivity contribution in [3.63, 3.8) is 0 Å². The van der Waals surface area contributed by atoms with Gasteiger partial charge in [-0.3, -0.25) is 14.4 Å². The van der Waals surface area contributed by atoms with Gasteiger partial charge in [-0.05, 0) is 24.3 Å². The third-order valence-corrected chi connectivity index (χ3v) is 5.19. The Morgan fingerprint density at radius 3 is 1.74 bits per heavy atom. The average molecular weight is 471 g/mol. The SMILES string of the molecule is COC(=O)[C@H](C/C(=C/CC(=O)c1ccccc1)NC(=O)c1ccccc1)NC(=O)c1ccccc1. The van der Waals surface area contributed by atoms with Crippen LogP contribution in [-0.2, 0) is 9.53 Å². The summed E-state index contributed by atoms with van der Waals surface area (Å²) in [4.78, 5) is 50.6. The van der Waals surface area contributed by atoms with Gasteiger partial charge in [0, 0.05) is 35.2 Å². The van der Waals surface area contributed by atoms with Gasteiger partial charge in [0.05, 0.1) is 7.11 Å². The molecule has 0 spiro atoms. The molecule has 3 aromatic rings. The average Bonchev–Trinajstić information content (AvgIpc) is 2.91. The number of allylic oxidation sites excluding steroid dienone is 1. The first-order chi connectivity index (χ1) is 17.0. The van der Waals surface area contributed by atoms with E-state index in [1.165, 1.54) is 7.11 Å². The summed E-state index contributed by atoms with van der Waals surface area (Å²) in [5.41, 5.74) is 1.63. The van der Waals surface area contributed by atoms with Crippen LogP contribution in [0.5, 0.6) is 0 Å². The van der Waals surface area contributed by atoms with Gasteiger partial charge in [-0.1, -0.05) is 72.8 Å². The van der Waals surface area contributed by atoms with Crippen LogP contribution < -0.4 is 10.6 Å². The molecule has 0 aliphatic heterocycles. The summed E-state index contributed by atoms with van der Waals surface area (Å²) in [5, 5.41) is 5.43. The van der Waals surface area contributed by atoms with Crippen molar-refractivity contribution in [3.05, 3.63) is 119 Å². The maximum atomic E-state index is 12.8. The van der Waals surface area contributed by atoms with Gasteiger partial charge in [0.25, 0.3) is 11.8 Å². The Labute approximate surface area is 203 Å². The highest BCUT2D eigenvalue weighted by atomic mass is 16.5. The number of esters is 1. The van der Waals surface area contributed by atoms with Gasteiger partial charge in [0.1, 0.15) is 6.04 Å². The molecule has 0 aliphatic carbocycles. The number of hydrogen-bond donors (Lipinski definition) is 2. The van der Waals surface area contributed by atoms with Gasteiger partial charge in [0.15, 0.2) is 5.78 Å².